The van der Waals surface area contributed by atoms with Crippen LogP contribution < -0.4 is 5.32 Å². The zero-order valence-electron chi connectivity index (χ0n) is 7.81. The van der Waals surface area contributed by atoms with Gasteiger partial charge in [-0.3, -0.25) is 4.79 Å². The Hall–Kier alpha value is -0.480. The summed E-state index contributed by atoms with van der Waals surface area (Å²) in [5, 5.41) is 3.51. The van der Waals surface area contributed by atoms with Gasteiger partial charge in [-0.25, -0.2) is 0 Å². The molecule has 1 aromatic rings. The summed E-state index contributed by atoms with van der Waals surface area (Å²) in [7, 11) is 1.42. The van der Waals surface area contributed by atoms with Crippen LogP contribution in [0.5, 0.6) is 0 Å². The van der Waals surface area contributed by atoms with Crippen molar-refractivity contribution in [1.29, 1.82) is 0 Å². The number of carbonyl (C=O) groups is 1. The van der Waals surface area contributed by atoms with Gasteiger partial charge < -0.3 is 10.1 Å². The maximum Gasteiger partial charge on any atom is 0.250 e. The molecule has 1 N–H and O–H groups in total. The van der Waals surface area contributed by atoms with E-state index in [1.807, 2.05) is 0 Å². The molecule has 0 aromatic heterocycles. The molecule has 1 rings (SSSR count). The number of amides is 1. The first kappa shape index (κ1) is 12.6. The first-order valence-corrected chi connectivity index (χ1v) is 5.11. The highest BCUT2D eigenvalue weighted by Gasteiger charge is 2.10. The van der Waals surface area contributed by atoms with Crippen molar-refractivity contribution in [3.63, 3.8) is 0 Å². The fraction of sp³-hybridized carbons (Fsp3) is 0.222. The molecule has 0 aliphatic rings. The van der Waals surface area contributed by atoms with Gasteiger partial charge in [-0.1, -0.05) is 34.8 Å². The predicted molar refractivity (Wildman–Crippen MR) is 62.0 cm³/mol. The van der Waals surface area contributed by atoms with Crippen LogP contribution in [0.3, 0.4) is 0 Å². The zero-order chi connectivity index (χ0) is 11.4. The highest BCUT2D eigenvalue weighted by atomic mass is 35.5. The van der Waals surface area contributed by atoms with Crippen LogP contribution in [0.4, 0.5) is 5.69 Å². The minimum absolute atomic E-state index is 0.0602. The Kier molecular flexibility index (Phi) is 4.67. The lowest BCUT2D eigenvalue weighted by Crippen LogP contribution is -2.17. The third kappa shape index (κ3) is 3.54. The van der Waals surface area contributed by atoms with Crippen molar-refractivity contribution in [2.24, 2.45) is 0 Å². The number of ether oxygens (including phenoxy) is 1. The minimum Gasteiger partial charge on any atom is -0.375 e. The molecular formula is C9H8Cl3NO2. The fourth-order valence-electron chi connectivity index (χ4n) is 0.968. The first-order valence-electron chi connectivity index (χ1n) is 3.98. The van der Waals surface area contributed by atoms with Crippen LogP contribution in [-0.4, -0.2) is 19.6 Å². The lowest BCUT2D eigenvalue weighted by Gasteiger charge is -2.09. The molecule has 0 aliphatic heterocycles. The summed E-state index contributed by atoms with van der Waals surface area (Å²) in [6.45, 7) is -0.0602. The molecule has 0 spiro atoms. The second-order valence-electron chi connectivity index (χ2n) is 2.73. The molecule has 0 fully saturated rings. The van der Waals surface area contributed by atoms with E-state index < -0.39 is 0 Å². The molecule has 1 amide bonds. The molecule has 1 aromatic carbocycles. The topological polar surface area (TPSA) is 38.3 Å². The highest BCUT2D eigenvalue weighted by molar-refractivity contribution is 6.42. The molecular weight excluding hydrogens is 260 g/mol. The molecule has 0 aliphatic carbocycles. The van der Waals surface area contributed by atoms with E-state index in [1.54, 1.807) is 0 Å². The fourth-order valence-corrected chi connectivity index (χ4v) is 1.88. The number of rotatable bonds is 3. The summed E-state index contributed by atoms with van der Waals surface area (Å²) in [5.41, 5.74) is 0.338. The number of halogens is 3. The van der Waals surface area contributed by atoms with Gasteiger partial charge in [0.15, 0.2) is 0 Å². The average Bonchev–Trinajstić information content (AvgIpc) is 2.11. The van der Waals surface area contributed by atoms with Gasteiger partial charge in [0.25, 0.3) is 0 Å². The summed E-state index contributed by atoms with van der Waals surface area (Å²) in [6, 6.07) is 2.99. The van der Waals surface area contributed by atoms with E-state index in [-0.39, 0.29) is 22.6 Å². The Morgan fingerprint density at radius 3 is 2.33 bits per heavy atom. The highest BCUT2D eigenvalue weighted by Crippen LogP contribution is 2.33. The van der Waals surface area contributed by atoms with Gasteiger partial charge >= 0.3 is 0 Å². The first-order chi connectivity index (χ1) is 7.04. The van der Waals surface area contributed by atoms with Gasteiger partial charge in [0.05, 0.1) is 15.7 Å². The van der Waals surface area contributed by atoms with Gasteiger partial charge in [0.1, 0.15) is 6.61 Å². The van der Waals surface area contributed by atoms with E-state index in [0.29, 0.717) is 10.7 Å². The lowest BCUT2D eigenvalue weighted by atomic mass is 10.3. The summed E-state index contributed by atoms with van der Waals surface area (Å²) in [4.78, 5) is 11.2. The van der Waals surface area contributed by atoms with E-state index in [2.05, 4.69) is 10.1 Å². The van der Waals surface area contributed by atoms with Crippen molar-refractivity contribution < 1.29 is 9.53 Å². The van der Waals surface area contributed by atoms with Crippen LogP contribution in [0.15, 0.2) is 12.1 Å². The van der Waals surface area contributed by atoms with Crippen LogP contribution >= 0.6 is 34.8 Å². The zero-order valence-corrected chi connectivity index (χ0v) is 10.1. The van der Waals surface area contributed by atoms with Crippen LogP contribution in [0.1, 0.15) is 0 Å². The number of methoxy groups -OCH3 is 1. The summed E-state index contributed by atoms with van der Waals surface area (Å²) >= 11 is 17.4. The quantitative estimate of drug-likeness (QED) is 0.914. The maximum absolute atomic E-state index is 11.2. The van der Waals surface area contributed by atoms with Crippen molar-refractivity contribution in [2.45, 2.75) is 0 Å². The summed E-state index contributed by atoms with van der Waals surface area (Å²) < 4.78 is 4.66. The second-order valence-corrected chi connectivity index (χ2v) is 3.98. The third-order valence-corrected chi connectivity index (χ3v) is 2.36. The third-order valence-electron chi connectivity index (χ3n) is 1.55. The second kappa shape index (κ2) is 5.56. The van der Waals surface area contributed by atoms with E-state index >= 15 is 0 Å². The molecule has 0 heterocycles. The molecule has 6 heteroatoms. The molecule has 15 heavy (non-hydrogen) atoms. The van der Waals surface area contributed by atoms with Crippen molar-refractivity contribution in [3.05, 3.63) is 27.2 Å². The van der Waals surface area contributed by atoms with Gasteiger partial charge in [0.2, 0.25) is 5.91 Å². The van der Waals surface area contributed by atoms with E-state index in [1.165, 1.54) is 19.2 Å². The Balaban J connectivity index is 2.90. The van der Waals surface area contributed by atoms with E-state index in [4.69, 9.17) is 34.8 Å². The van der Waals surface area contributed by atoms with Gasteiger partial charge in [-0.05, 0) is 12.1 Å². The molecule has 0 atom stereocenters. The molecule has 0 unspecified atom stereocenters. The van der Waals surface area contributed by atoms with E-state index in [9.17, 15) is 4.79 Å². The predicted octanol–water partition coefficient (Wildman–Crippen LogP) is 3.23. The molecule has 0 bridgehead atoms. The normalized spacial score (nSPS) is 10.1. The summed E-state index contributed by atoms with van der Waals surface area (Å²) in [6.07, 6.45) is 0. The largest absolute Gasteiger partial charge is 0.375 e. The van der Waals surface area contributed by atoms with Gasteiger partial charge in [0, 0.05) is 12.1 Å². The van der Waals surface area contributed by atoms with Crippen molar-refractivity contribution in [1.82, 2.24) is 0 Å². The Labute approximate surface area is 102 Å². The Morgan fingerprint density at radius 1 is 1.33 bits per heavy atom. The van der Waals surface area contributed by atoms with E-state index in [0.717, 1.165) is 0 Å². The van der Waals surface area contributed by atoms with Crippen molar-refractivity contribution >= 4 is 46.4 Å². The van der Waals surface area contributed by atoms with Crippen LogP contribution in [0.2, 0.25) is 15.1 Å². The smallest absolute Gasteiger partial charge is 0.250 e. The minimum atomic E-state index is -0.330. The number of anilines is 1. The molecule has 0 radical (unpaired) electrons. The number of benzene rings is 1. The lowest BCUT2D eigenvalue weighted by molar-refractivity contribution is -0.119. The summed E-state index contributed by atoms with van der Waals surface area (Å²) in [5.74, 6) is -0.330. The average molecular weight is 269 g/mol. The Bertz CT molecular complexity index is 359. The van der Waals surface area contributed by atoms with Crippen molar-refractivity contribution in [2.75, 3.05) is 19.0 Å². The van der Waals surface area contributed by atoms with Gasteiger partial charge in [-0.15, -0.1) is 0 Å². The Morgan fingerprint density at radius 2 is 1.87 bits per heavy atom. The monoisotopic (exact) mass is 267 g/mol. The number of carbonyl (C=O) groups excluding carboxylic acids is 1. The molecule has 0 saturated carbocycles. The molecule has 82 valence electrons. The number of hydrogen-bond donors (Lipinski definition) is 1. The SMILES string of the molecule is COCC(=O)Nc1c(Cl)cc(Cl)cc1Cl. The van der Waals surface area contributed by atoms with Crippen LogP contribution in [0, 0.1) is 0 Å². The van der Waals surface area contributed by atoms with Gasteiger partial charge in [-0.2, -0.15) is 0 Å². The van der Waals surface area contributed by atoms with Crippen LogP contribution in [-0.2, 0) is 9.53 Å². The number of nitrogens with one attached hydrogen (secondary N) is 1. The van der Waals surface area contributed by atoms with Crippen molar-refractivity contribution in [3.8, 4) is 0 Å². The van der Waals surface area contributed by atoms with Crippen LogP contribution in [0.25, 0.3) is 0 Å². The molecule has 0 saturated heterocycles. The standard InChI is InChI=1S/C9H8Cl3NO2/c1-15-4-8(14)13-9-6(11)2-5(10)3-7(9)12/h2-3H,4H2,1H3,(H,13,14). The number of hydrogen-bond acceptors (Lipinski definition) is 2. The molecule has 3 nitrogen and oxygen atoms in total. The maximum atomic E-state index is 11.2.